The molecule has 4 aromatic carbocycles. The van der Waals surface area contributed by atoms with Gasteiger partial charge in [-0.15, -0.1) is 0 Å². The second-order valence-corrected chi connectivity index (χ2v) is 17.2. The first-order chi connectivity index (χ1) is 33.0. The summed E-state index contributed by atoms with van der Waals surface area (Å²) in [5.74, 6) is -1.94. The van der Waals surface area contributed by atoms with Gasteiger partial charge in [0.1, 0.15) is 0 Å². The van der Waals surface area contributed by atoms with Gasteiger partial charge >= 0.3 is 43.4 Å². The summed E-state index contributed by atoms with van der Waals surface area (Å²) in [6.45, 7) is 0. The van der Waals surface area contributed by atoms with Gasteiger partial charge in [0.25, 0.3) is 0 Å². The number of fused-ring (bicyclic) bond motifs is 20. The van der Waals surface area contributed by atoms with Crippen molar-refractivity contribution in [2.75, 3.05) is 0 Å². The van der Waals surface area contributed by atoms with E-state index < -0.39 is 23.9 Å². The summed E-state index contributed by atoms with van der Waals surface area (Å²) < 4.78 is 0. The van der Waals surface area contributed by atoms with Crippen molar-refractivity contribution in [2.24, 2.45) is 0 Å². The molecule has 16 nitrogen and oxygen atoms in total. The van der Waals surface area contributed by atoms with Crippen LogP contribution in [-0.4, -0.2) is 74.2 Å². The minimum Gasteiger partial charge on any atom is -0.481 e. The van der Waals surface area contributed by atoms with Crippen molar-refractivity contribution in [1.82, 2.24) is 39.9 Å². The zero-order chi connectivity index (χ0) is 47.3. The van der Waals surface area contributed by atoms with Gasteiger partial charge in [-0.2, -0.15) is 0 Å². The van der Waals surface area contributed by atoms with Crippen molar-refractivity contribution in [1.29, 1.82) is 0 Å². The number of hydrogen-bond donors (Lipinski definition) is 4. The van der Waals surface area contributed by atoms with Gasteiger partial charge in [0.2, 0.25) is 0 Å². The van der Waals surface area contributed by atoms with E-state index in [1.807, 2.05) is 72.8 Å². The first-order valence-electron chi connectivity index (χ1n) is 23.1. The van der Waals surface area contributed by atoms with E-state index in [2.05, 4.69) is 0 Å². The number of aromatic nitrogens is 8. The monoisotopic (exact) mass is 976 g/mol. The summed E-state index contributed by atoms with van der Waals surface area (Å²) >= 11 is 0. The van der Waals surface area contributed by atoms with Crippen LogP contribution in [0.25, 0.3) is 89.7 Å². The van der Waals surface area contributed by atoms with Gasteiger partial charge in [-0.3, -0.25) is 19.2 Å². The number of carboxylic acids is 4. The van der Waals surface area contributed by atoms with E-state index in [-0.39, 0.29) is 45.2 Å². The maximum atomic E-state index is 11.5. The van der Waals surface area contributed by atoms with Crippen LogP contribution in [0.15, 0.2) is 72.8 Å². The van der Waals surface area contributed by atoms with Crippen LogP contribution in [0.2, 0.25) is 0 Å². The molecular formula is C52H48N8O8Zn. The number of aryl methyl sites for hydroxylation is 4. The molecule has 0 aliphatic carbocycles. The number of unbranched alkanes of at least 4 members (excludes halogenated alkanes) is 4. The Morgan fingerprint density at radius 1 is 0.377 bits per heavy atom. The molecule has 0 spiro atoms. The first kappa shape index (κ1) is 48.2. The predicted octanol–water partition coefficient (Wildman–Crippen LogP) is 9.31. The van der Waals surface area contributed by atoms with Crippen molar-refractivity contribution in [3.8, 4) is 45.6 Å². The summed E-state index contributed by atoms with van der Waals surface area (Å²) in [4.78, 5) is 87.1. The number of nitrogens with zero attached hydrogens (tertiary/aromatic N) is 8. The zero-order valence-corrected chi connectivity index (χ0v) is 40.9. The minimum absolute atomic E-state index is 0. The first-order valence-corrected chi connectivity index (χ1v) is 23.1. The van der Waals surface area contributed by atoms with Crippen molar-refractivity contribution in [3.05, 3.63) is 95.1 Å². The van der Waals surface area contributed by atoms with Crippen LogP contribution < -0.4 is 9.97 Å². The smallest absolute Gasteiger partial charge is 0.481 e. The third kappa shape index (κ3) is 10.6. The topological polar surface area (TPSA) is 255 Å². The summed E-state index contributed by atoms with van der Waals surface area (Å²) in [5.41, 5.74) is 8.11. The number of aliphatic carboxylic acids is 4. The van der Waals surface area contributed by atoms with Gasteiger partial charge in [0.05, 0.1) is 23.3 Å². The molecule has 0 amide bonds. The Bertz CT molecular complexity index is 3310. The Hall–Kier alpha value is -7.26. The molecule has 5 heterocycles. The van der Waals surface area contributed by atoms with E-state index in [0.717, 1.165) is 66.1 Å². The van der Waals surface area contributed by atoms with Gasteiger partial charge < -0.3 is 50.3 Å². The molecule has 0 atom stereocenters. The van der Waals surface area contributed by atoms with Gasteiger partial charge in [-0.25, -0.2) is 9.97 Å². The van der Waals surface area contributed by atoms with Crippen molar-refractivity contribution >= 4 is 68.0 Å². The van der Waals surface area contributed by atoms with E-state index in [0.29, 0.717) is 123 Å². The average Bonchev–Trinajstić information content (AvgIpc) is 4.06. The maximum absolute atomic E-state index is 11.5. The fraction of sp³-hybridized carbons (Fsp3) is 0.308. The van der Waals surface area contributed by atoms with Crippen LogP contribution in [0.4, 0.5) is 0 Å². The standard InChI is InChI=1S/C52H50N8O8.Zn/c61-37(62)25-5-1-13-29-17-9-21-33-41(29)49-54-45(33)53-46-34-22-10-18-30(14-2-6-26-38(63)64)42(34)50(55-46)57-48-36-24-12-20-32(16-4-8-28-40(67)68)44(36)52(59-48)60-51-43-31(15-3-7-27-39(65)66)19-11-23-35(43)47(56-49)58-51;/h9-12,17-24H,1-8,13-16,25-28H2,(H6,53,54,55,56,57,58,59,60,61,62,63,64,65,66,67,68);/q;+2/p-2. The third-order valence-corrected chi connectivity index (χ3v) is 12.5. The second kappa shape index (κ2) is 21.4. The summed E-state index contributed by atoms with van der Waals surface area (Å²) in [6, 6.07) is 23.4. The van der Waals surface area contributed by atoms with Gasteiger partial charge in [-0.05, 0) is 121 Å². The fourth-order valence-corrected chi connectivity index (χ4v) is 9.33. The number of benzene rings is 4. The van der Waals surface area contributed by atoms with Gasteiger partial charge in [0.15, 0.2) is 0 Å². The Balaban J connectivity index is 0.00000642. The predicted molar refractivity (Wildman–Crippen MR) is 255 cm³/mol. The Kier molecular flexibility index (Phi) is 14.9. The van der Waals surface area contributed by atoms with Gasteiger partial charge in [0, 0.05) is 70.5 Å². The molecule has 0 fully saturated rings. The molecule has 0 saturated heterocycles. The van der Waals surface area contributed by atoms with Crippen LogP contribution in [0.3, 0.4) is 0 Å². The Morgan fingerprint density at radius 2 is 0.696 bits per heavy atom. The van der Waals surface area contributed by atoms with E-state index >= 15 is 0 Å². The van der Waals surface area contributed by atoms with Crippen LogP contribution in [0, 0.1) is 0 Å². The van der Waals surface area contributed by atoms with E-state index in [1.165, 1.54) is 0 Å². The Morgan fingerprint density at radius 3 is 1.09 bits per heavy atom. The largest absolute Gasteiger partial charge is 2.00 e. The number of carboxylic acid groups (broad SMARTS) is 4. The molecule has 7 aromatic rings. The molecule has 69 heavy (non-hydrogen) atoms. The van der Waals surface area contributed by atoms with Crippen LogP contribution in [0.5, 0.6) is 0 Å². The Labute approximate surface area is 408 Å². The average molecular weight is 978 g/mol. The van der Waals surface area contributed by atoms with E-state index in [1.54, 1.807) is 0 Å². The van der Waals surface area contributed by atoms with Crippen LogP contribution in [0.1, 0.15) is 99.3 Å². The van der Waals surface area contributed by atoms with Crippen molar-refractivity contribution in [2.45, 2.75) is 103 Å². The number of rotatable bonds is 20. The molecule has 2 aliphatic rings. The molecule has 2 aliphatic heterocycles. The summed E-state index contributed by atoms with van der Waals surface area (Å²) in [7, 11) is 0. The molecule has 8 bridgehead atoms. The number of carbonyl (C=O) groups is 4. The third-order valence-electron chi connectivity index (χ3n) is 12.5. The van der Waals surface area contributed by atoms with Crippen molar-refractivity contribution < 1.29 is 59.1 Å². The number of hydrogen-bond acceptors (Lipinski definition) is 10. The molecular weight excluding hydrogens is 930 g/mol. The molecule has 0 saturated carbocycles. The summed E-state index contributed by atoms with van der Waals surface area (Å²) in [6.07, 6.45) is 6.83. The molecule has 0 unspecified atom stereocenters. The van der Waals surface area contributed by atoms with E-state index in [4.69, 9.17) is 39.9 Å². The minimum atomic E-state index is -0.858. The van der Waals surface area contributed by atoms with Crippen LogP contribution in [-0.2, 0) is 64.3 Å². The fourth-order valence-electron chi connectivity index (χ4n) is 9.33. The van der Waals surface area contributed by atoms with Crippen molar-refractivity contribution in [3.63, 3.8) is 0 Å². The van der Waals surface area contributed by atoms with Gasteiger partial charge in [-0.1, -0.05) is 72.8 Å². The molecule has 9 rings (SSSR count). The molecule has 3 aromatic heterocycles. The molecule has 17 heteroatoms. The quantitative estimate of drug-likeness (QED) is 0.0410. The summed E-state index contributed by atoms with van der Waals surface area (Å²) in [5, 5.41) is 40.5. The second-order valence-electron chi connectivity index (χ2n) is 17.2. The molecule has 0 radical (unpaired) electrons. The van der Waals surface area contributed by atoms with Crippen LogP contribution >= 0.6 is 0 Å². The normalized spacial score (nSPS) is 11.6. The molecule has 4 N–H and O–H groups in total. The van der Waals surface area contributed by atoms with E-state index in [9.17, 15) is 39.6 Å². The zero-order valence-electron chi connectivity index (χ0n) is 37.9. The molecule has 346 valence electrons. The SMILES string of the molecule is O=C(O)CCCCc1cccc2c1-c1nc-2nc2[n-]c(nc3nc(nc4[n-]c(n1)c1cccc(CCCCC(=O)O)c41)-c1c(CCCCC(=O)O)cccc1-3)c1c(CCCCC(=O)O)cccc21.[Zn+2]. The maximum Gasteiger partial charge on any atom is 2.00 e.